The molecule has 0 unspecified atom stereocenters. The topological polar surface area (TPSA) is 65.1 Å². The van der Waals surface area contributed by atoms with E-state index in [4.69, 9.17) is 14.2 Å². The number of nitrogens with zero attached hydrogens (tertiary/aromatic N) is 1. The molecule has 29 heavy (non-hydrogen) atoms. The first kappa shape index (κ1) is 18.8. The van der Waals surface area contributed by atoms with E-state index in [2.05, 4.69) is 0 Å². The minimum atomic E-state index is -4.00. The van der Waals surface area contributed by atoms with Gasteiger partial charge >= 0.3 is 0 Å². The van der Waals surface area contributed by atoms with Gasteiger partial charge in [-0.1, -0.05) is 12.1 Å². The fourth-order valence-corrected chi connectivity index (χ4v) is 6.32. The van der Waals surface area contributed by atoms with E-state index >= 15 is 0 Å². The predicted molar refractivity (Wildman–Crippen MR) is 103 cm³/mol. The van der Waals surface area contributed by atoms with Gasteiger partial charge in [-0.2, -0.15) is 4.31 Å². The molecule has 1 saturated heterocycles. The smallest absolute Gasteiger partial charge is 0.246 e. The van der Waals surface area contributed by atoms with Gasteiger partial charge in [0.2, 0.25) is 16.8 Å². The zero-order valence-corrected chi connectivity index (χ0v) is 16.7. The highest BCUT2D eigenvalue weighted by molar-refractivity contribution is 7.89. The van der Waals surface area contributed by atoms with Gasteiger partial charge in [0.25, 0.3) is 0 Å². The van der Waals surface area contributed by atoms with Crippen molar-refractivity contribution in [1.82, 2.24) is 4.31 Å². The third-order valence-electron chi connectivity index (χ3n) is 6.00. The first-order valence-electron chi connectivity index (χ1n) is 9.82. The maximum absolute atomic E-state index is 14.4. The van der Waals surface area contributed by atoms with Gasteiger partial charge in [-0.25, -0.2) is 12.8 Å². The molecule has 154 valence electrons. The molecule has 0 aliphatic carbocycles. The quantitative estimate of drug-likeness (QED) is 0.764. The maximum atomic E-state index is 14.4. The normalized spacial score (nSPS) is 22.4. The van der Waals surface area contributed by atoms with Crippen LogP contribution in [0.25, 0.3) is 0 Å². The van der Waals surface area contributed by atoms with Crippen LogP contribution in [0.15, 0.2) is 41.3 Å². The van der Waals surface area contributed by atoms with Crippen LogP contribution in [-0.2, 0) is 21.2 Å². The standard InChI is InChI=1S/C21H22FNO5S/c22-17-3-1-2-4-20(17)29(24,25)23-8-5-15-11-18-19(28-13-27-18)12-16(15)21(23)14-6-9-26-10-7-14/h1-4,11-12,14,21H,5-10,13H2/t21-/m0/s1. The van der Waals surface area contributed by atoms with Crippen molar-refractivity contribution in [2.75, 3.05) is 26.6 Å². The molecular weight excluding hydrogens is 397 g/mol. The van der Waals surface area contributed by atoms with Crippen LogP contribution in [0.4, 0.5) is 4.39 Å². The minimum Gasteiger partial charge on any atom is -0.454 e. The number of hydrogen-bond donors (Lipinski definition) is 0. The van der Waals surface area contributed by atoms with Crippen molar-refractivity contribution in [2.24, 2.45) is 5.92 Å². The lowest BCUT2D eigenvalue weighted by molar-refractivity contribution is 0.0397. The fourth-order valence-electron chi connectivity index (χ4n) is 4.59. The van der Waals surface area contributed by atoms with E-state index in [1.54, 1.807) is 6.07 Å². The van der Waals surface area contributed by atoms with Crippen molar-refractivity contribution in [3.63, 3.8) is 0 Å². The van der Waals surface area contributed by atoms with Crippen molar-refractivity contribution in [2.45, 2.75) is 30.2 Å². The van der Waals surface area contributed by atoms with Crippen LogP contribution < -0.4 is 9.47 Å². The van der Waals surface area contributed by atoms with E-state index in [0.29, 0.717) is 37.7 Å². The molecule has 6 nitrogen and oxygen atoms in total. The average molecular weight is 419 g/mol. The highest BCUT2D eigenvalue weighted by atomic mass is 32.2. The van der Waals surface area contributed by atoms with E-state index in [-0.39, 0.29) is 23.6 Å². The molecule has 0 amide bonds. The van der Waals surface area contributed by atoms with Crippen LogP contribution in [-0.4, -0.2) is 39.3 Å². The molecule has 0 radical (unpaired) electrons. The Morgan fingerprint density at radius 3 is 2.52 bits per heavy atom. The van der Waals surface area contributed by atoms with Crippen LogP contribution in [0.3, 0.4) is 0 Å². The molecular formula is C21H22FNO5S. The zero-order chi connectivity index (χ0) is 20.0. The predicted octanol–water partition coefficient (Wildman–Crippen LogP) is 3.27. The van der Waals surface area contributed by atoms with Gasteiger partial charge in [0, 0.05) is 19.8 Å². The first-order valence-corrected chi connectivity index (χ1v) is 11.3. The Bertz CT molecular complexity index is 1040. The summed E-state index contributed by atoms with van der Waals surface area (Å²) in [5, 5.41) is 0. The second-order valence-corrected chi connectivity index (χ2v) is 9.45. The molecule has 0 spiro atoms. The molecule has 0 aromatic heterocycles. The molecule has 0 N–H and O–H groups in total. The Morgan fingerprint density at radius 1 is 1.03 bits per heavy atom. The second-order valence-electron chi connectivity index (χ2n) is 7.60. The highest BCUT2D eigenvalue weighted by Gasteiger charge is 2.42. The van der Waals surface area contributed by atoms with E-state index in [1.165, 1.54) is 22.5 Å². The fraction of sp³-hybridized carbons (Fsp3) is 0.429. The minimum absolute atomic E-state index is 0.0877. The summed E-state index contributed by atoms with van der Waals surface area (Å²) >= 11 is 0. The monoisotopic (exact) mass is 419 g/mol. The van der Waals surface area contributed by atoms with Gasteiger partial charge in [-0.05, 0) is 60.6 Å². The first-order chi connectivity index (χ1) is 14.1. The Kier molecular flexibility index (Phi) is 4.72. The van der Waals surface area contributed by atoms with E-state index in [1.807, 2.05) is 12.1 Å². The van der Waals surface area contributed by atoms with Crippen LogP contribution in [0.1, 0.15) is 30.0 Å². The van der Waals surface area contributed by atoms with Gasteiger partial charge < -0.3 is 14.2 Å². The average Bonchev–Trinajstić information content (AvgIpc) is 3.19. The Labute approximate surface area is 169 Å². The number of ether oxygens (including phenoxy) is 3. The maximum Gasteiger partial charge on any atom is 0.246 e. The summed E-state index contributed by atoms with van der Waals surface area (Å²) < 4.78 is 59.5. The van der Waals surface area contributed by atoms with Crippen molar-refractivity contribution in [3.8, 4) is 11.5 Å². The summed E-state index contributed by atoms with van der Waals surface area (Å²) in [6, 6.07) is 9.04. The van der Waals surface area contributed by atoms with Crippen molar-refractivity contribution < 1.29 is 27.0 Å². The number of fused-ring (bicyclic) bond motifs is 2. The third kappa shape index (κ3) is 3.19. The summed E-state index contributed by atoms with van der Waals surface area (Å²) in [5.41, 5.74) is 1.98. The van der Waals surface area contributed by atoms with Gasteiger partial charge in [0.05, 0.1) is 6.04 Å². The third-order valence-corrected chi connectivity index (χ3v) is 7.91. The lowest BCUT2D eigenvalue weighted by Gasteiger charge is -2.42. The summed E-state index contributed by atoms with van der Waals surface area (Å²) in [5.74, 6) is 0.685. The van der Waals surface area contributed by atoms with Crippen LogP contribution in [0.5, 0.6) is 11.5 Å². The number of sulfonamides is 1. The van der Waals surface area contributed by atoms with E-state index in [9.17, 15) is 12.8 Å². The van der Waals surface area contributed by atoms with Crippen molar-refractivity contribution >= 4 is 10.0 Å². The SMILES string of the molecule is O=S(=O)(c1ccccc1F)N1CCc2cc3c(cc2[C@@H]1C1CCOCC1)OCO3. The molecule has 2 aromatic carbocycles. The Hall–Kier alpha value is -2.16. The Morgan fingerprint density at radius 2 is 1.76 bits per heavy atom. The van der Waals surface area contributed by atoms with Crippen LogP contribution in [0.2, 0.25) is 0 Å². The van der Waals surface area contributed by atoms with Crippen molar-refractivity contribution in [3.05, 3.63) is 53.3 Å². The summed E-state index contributed by atoms with van der Waals surface area (Å²) in [6.45, 7) is 1.64. The largest absolute Gasteiger partial charge is 0.454 e. The van der Waals surface area contributed by atoms with Crippen LogP contribution in [0, 0.1) is 11.7 Å². The van der Waals surface area contributed by atoms with Gasteiger partial charge in [0.15, 0.2) is 11.5 Å². The Balaban J connectivity index is 1.62. The molecule has 1 atom stereocenters. The van der Waals surface area contributed by atoms with E-state index < -0.39 is 15.8 Å². The summed E-state index contributed by atoms with van der Waals surface area (Å²) in [7, 11) is -4.00. The second kappa shape index (κ2) is 7.27. The van der Waals surface area contributed by atoms with Gasteiger partial charge in [-0.15, -0.1) is 0 Å². The zero-order valence-electron chi connectivity index (χ0n) is 15.8. The number of halogens is 1. The molecule has 8 heteroatoms. The van der Waals surface area contributed by atoms with Gasteiger partial charge in [0.1, 0.15) is 10.7 Å². The molecule has 5 rings (SSSR count). The lowest BCUT2D eigenvalue weighted by Crippen LogP contribution is -2.44. The lowest BCUT2D eigenvalue weighted by atomic mass is 9.82. The molecule has 3 heterocycles. The molecule has 1 fully saturated rings. The number of benzene rings is 2. The number of hydrogen-bond acceptors (Lipinski definition) is 5. The molecule has 2 aromatic rings. The molecule has 0 saturated carbocycles. The molecule has 3 aliphatic heterocycles. The molecule has 3 aliphatic rings. The molecule has 0 bridgehead atoms. The summed E-state index contributed by atoms with van der Waals surface area (Å²) in [6.07, 6.45) is 2.04. The highest BCUT2D eigenvalue weighted by Crippen LogP contribution is 2.46. The van der Waals surface area contributed by atoms with Crippen molar-refractivity contribution in [1.29, 1.82) is 0 Å². The van der Waals surface area contributed by atoms with E-state index in [0.717, 1.165) is 24.0 Å². The van der Waals surface area contributed by atoms with Gasteiger partial charge in [-0.3, -0.25) is 0 Å². The summed E-state index contributed by atoms with van der Waals surface area (Å²) in [4.78, 5) is -0.277. The van der Waals surface area contributed by atoms with Crippen LogP contribution >= 0.6 is 0 Å². The number of rotatable bonds is 3.